The van der Waals surface area contributed by atoms with Crippen molar-refractivity contribution in [2.75, 3.05) is 6.61 Å². The van der Waals surface area contributed by atoms with Crippen molar-refractivity contribution in [3.8, 4) is 5.75 Å². The third-order valence-electron chi connectivity index (χ3n) is 5.68. The summed E-state index contributed by atoms with van der Waals surface area (Å²) in [7, 11) is 0. The molecule has 0 heterocycles. The number of benzene rings is 2. The van der Waals surface area contributed by atoms with Crippen molar-refractivity contribution in [1.82, 2.24) is 5.32 Å². The first-order valence-electron chi connectivity index (χ1n) is 10.6. The number of carbonyl (C=O) groups excluding carboxylic acids is 1. The zero-order valence-electron chi connectivity index (χ0n) is 18.0. The zero-order valence-corrected chi connectivity index (χ0v) is 19.6. The van der Waals surface area contributed by atoms with Crippen LogP contribution < -0.4 is 10.1 Å². The van der Waals surface area contributed by atoms with Crippen LogP contribution in [0.3, 0.4) is 0 Å². The van der Waals surface area contributed by atoms with Gasteiger partial charge in [-0.15, -0.1) is 0 Å². The summed E-state index contributed by atoms with van der Waals surface area (Å²) in [4.78, 5) is 12.5. The molecule has 1 atom stereocenters. The Morgan fingerprint density at radius 2 is 1.83 bits per heavy atom. The Balaban J connectivity index is 1.61. The second-order valence-electron chi connectivity index (χ2n) is 8.95. The predicted molar refractivity (Wildman–Crippen MR) is 123 cm³/mol. The predicted octanol–water partition coefficient (Wildman–Crippen LogP) is 6.27. The van der Waals surface area contributed by atoms with Crippen LogP contribution in [0.4, 0.5) is 0 Å². The first-order valence-corrected chi connectivity index (χ1v) is 11.4. The van der Waals surface area contributed by atoms with Crippen molar-refractivity contribution in [3.05, 3.63) is 63.1 Å². The fourth-order valence-corrected chi connectivity index (χ4v) is 4.35. The van der Waals surface area contributed by atoms with Crippen molar-refractivity contribution in [2.24, 2.45) is 0 Å². The number of aryl methyl sites for hydroxylation is 2. The lowest BCUT2D eigenvalue weighted by atomic mass is 9.87. The summed E-state index contributed by atoms with van der Waals surface area (Å²) < 4.78 is 6.65. The highest BCUT2D eigenvalue weighted by atomic mass is 79.9. The Bertz CT molecular complexity index is 870. The summed E-state index contributed by atoms with van der Waals surface area (Å²) in [5, 5.41) is 3.14. The number of hydrogen-bond acceptors (Lipinski definition) is 2. The van der Waals surface area contributed by atoms with Gasteiger partial charge in [0, 0.05) is 0 Å². The van der Waals surface area contributed by atoms with Gasteiger partial charge in [0.1, 0.15) is 5.75 Å². The van der Waals surface area contributed by atoms with Crippen LogP contribution in [0.25, 0.3) is 0 Å². The topological polar surface area (TPSA) is 38.3 Å². The molecule has 3 nitrogen and oxygen atoms in total. The van der Waals surface area contributed by atoms with Crippen molar-refractivity contribution in [2.45, 2.75) is 71.3 Å². The van der Waals surface area contributed by atoms with Crippen LogP contribution in [-0.2, 0) is 23.1 Å². The molecule has 1 N–H and O–H groups in total. The molecule has 2 aromatic rings. The molecule has 29 heavy (non-hydrogen) atoms. The highest BCUT2D eigenvalue weighted by Crippen LogP contribution is 2.31. The molecule has 0 spiro atoms. The van der Waals surface area contributed by atoms with Gasteiger partial charge in [0.25, 0.3) is 5.91 Å². The standard InChI is InChI=1S/C25H32BrNO2/c1-5-22(19-11-10-17-8-6-7-9-18(17)14-19)27-24(28)16-29-23-13-12-20(15-21(23)26)25(2,3)4/h10-15,22H,5-9,16H2,1-4H3,(H,27,28)/t22-/m0/s1. The maximum Gasteiger partial charge on any atom is 0.258 e. The van der Waals surface area contributed by atoms with Gasteiger partial charge in [-0.3, -0.25) is 4.79 Å². The Kier molecular flexibility index (Phi) is 7.05. The summed E-state index contributed by atoms with van der Waals surface area (Å²) >= 11 is 3.57. The average molecular weight is 458 g/mol. The van der Waals surface area contributed by atoms with Crippen LogP contribution in [0, 0.1) is 0 Å². The molecule has 0 aliphatic heterocycles. The second-order valence-corrected chi connectivity index (χ2v) is 9.80. The van der Waals surface area contributed by atoms with E-state index < -0.39 is 0 Å². The molecule has 1 aliphatic carbocycles. The van der Waals surface area contributed by atoms with Crippen LogP contribution in [0.5, 0.6) is 5.75 Å². The maximum absolute atomic E-state index is 12.5. The molecule has 0 fully saturated rings. The molecule has 0 saturated heterocycles. The molecule has 0 aromatic heterocycles. The van der Waals surface area contributed by atoms with E-state index in [1.807, 2.05) is 6.07 Å². The largest absolute Gasteiger partial charge is 0.483 e. The van der Waals surface area contributed by atoms with E-state index in [4.69, 9.17) is 4.74 Å². The van der Waals surface area contributed by atoms with E-state index >= 15 is 0 Å². The van der Waals surface area contributed by atoms with E-state index in [1.165, 1.54) is 41.5 Å². The number of amides is 1. The third kappa shape index (κ3) is 5.63. The van der Waals surface area contributed by atoms with E-state index in [0.717, 1.165) is 17.3 Å². The van der Waals surface area contributed by atoms with Crippen molar-refractivity contribution >= 4 is 21.8 Å². The van der Waals surface area contributed by atoms with E-state index in [1.54, 1.807) is 0 Å². The minimum absolute atomic E-state index is 0.00883. The van der Waals surface area contributed by atoms with Gasteiger partial charge in [-0.25, -0.2) is 0 Å². The molecule has 1 aliphatic rings. The fourth-order valence-electron chi connectivity index (χ4n) is 3.85. The first-order chi connectivity index (χ1) is 13.8. The van der Waals surface area contributed by atoms with E-state index in [2.05, 4.69) is 79.3 Å². The Morgan fingerprint density at radius 1 is 1.10 bits per heavy atom. The molecule has 0 unspecified atom stereocenters. The van der Waals surface area contributed by atoms with Crippen LogP contribution in [0.2, 0.25) is 0 Å². The Morgan fingerprint density at radius 3 is 2.48 bits per heavy atom. The quantitative estimate of drug-likeness (QED) is 0.554. The molecular weight excluding hydrogens is 426 g/mol. The zero-order chi connectivity index (χ0) is 21.0. The summed E-state index contributed by atoms with van der Waals surface area (Å²) in [6.07, 6.45) is 5.72. The number of hydrogen-bond donors (Lipinski definition) is 1. The monoisotopic (exact) mass is 457 g/mol. The smallest absolute Gasteiger partial charge is 0.258 e. The summed E-state index contributed by atoms with van der Waals surface area (Å²) in [5.74, 6) is 0.594. The Labute approximate surface area is 183 Å². The maximum atomic E-state index is 12.5. The van der Waals surface area contributed by atoms with E-state index in [-0.39, 0.29) is 24.0 Å². The minimum Gasteiger partial charge on any atom is -0.483 e. The molecule has 4 heteroatoms. The molecular formula is C25H32BrNO2. The molecule has 3 rings (SSSR count). The summed E-state index contributed by atoms with van der Waals surface area (Å²) in [6.45, 7) is 8.64. The van der Waals surface area contributed by atoms with Crippen LogP contribution in [0.15, 0.2) is 40.9 Å². The minimum atomic E-state index is -0.0960. The number of fused-ring (bicyclic) bond motifs is 1. The van der Waals surface area contributed by atoms with Crippen molar-refractivity contribution < 1.29 is 9.53 Å². The first kappa shape index (κ1) is 21.9. The third-order valence-corrected chi connectivity index (χ3v) is 6.29. The summed E-state index contributed by atoms with van der Waals surface area (Å²) in [6, 6.07) is 12.8. The lowest BCUT2D eigenvalue weighted by Gasteiger charge is -2.22. The summed E-state index contributed by atoms with van der Waals surface area (Å²) in [5.41, 5.74) is 5.40. The lowest BCUT2D eigenvalue weighted by Crippen LogP contribution is -2.32. The van der Waals surface area contributed by atoms with Crippen LogP contribution >= 0.6 is 15.9 Å². The van der Waals surface area contributed by atoms with Crippen molar-refractivity contribution in [1.29, 1.82) is 0 Å². The van der Waals surface area contributed by atoms with E-state index in [9.17, 15) is 4.79 Å². The van der Waals surface area contributed by atoms with Crippen molar-refractivity contribution in [3.63, 3.8) is 0 Å². The van der Waals surface area contributed by atoms with E-state index in [0.29, 0.717) is 5.75 Å². The highest BCUT2D eigenvalue weighted by molar-refractivity contribution is 9.10. The van der Waals surface area contributed by atoms with Gasteiger partial charge < -0.3 is 10.1 Å². The normalized spacial score (nSPS) is 14.8. The van der Waals surface area contributed by atoms with Gasteiger partial charge in [-0.1, -0.05) is 52.0 Å². The second kappa shape index (κ2) is 9.34. The molecule has 0 radical (unpaired) electrons. The van der Waals surface area contributed by atoms with Gasteiger partial charge in [-0.2, -0.15) is 0 Å². The van der Waals surface area contributed by atoms with Gasteiger partial charge in [-0.05, 0) is 87.8 Å². The van der Waals surface area contributed by atoms with Crippen LogP contribution in [-0.4, -0.2) is 12.5 Å². The number of ether oxygens (including phenoxy) is 1. The fraction of sp³-hybridized carbons (Fsp3) is 0.480. The lowest BCUT2D eigenvalue weighted by molar-refractivity contribution is -0.123. The van der Waals surface area contributed by atoms with Gasteiger partial charge in [0.2, 0.25) is 0 Å². The van der Waals surface area contributed by atoms with Gasteiger partial charge in [0.15, 0.2) is 6.61 Å². The molecule has 156 valence electrons. The molecule has 0 bridgehead atoms. The van der Waals surface area contributed by atoms with Gasteiger partial charge in [0.05, 0.1) is 10.5 Å². The highest BCUT2D eigenvalue weighted by Gasteiger charge is 2.18. The number of rotatable bonds is 6. The number of carbonyl (C=O) groups is 1. The van der Waals surface area contributed by atoms with Crippen LogP contribution in [0.1, 0.15) is 75.3 Å². The molecule has 1 amide bonds. The number of nitrogens with one attached hydrogen (secondary N) is 1. The molecule has 2 aromatic carbocycles. The number of halogens is 1. The average Bonchev–Trinajstić information content (AvgIpc) is 2.70. The SMILES string of the molecule is CC[C@H](NC(=O)COc1ccc(C(C)(C)C)cc1Br)c1ccc2c(c1)CCCC2. The Hall–Kier alpha value is -1.81. The van der Waals surface area contributed by atoms with Gasteiger partial charge >= 0.3 is 0 Å². The molecule has 0 saturated carbocycles.